The van der Waals surface area contributed by atoms with Crippen molar-refractivity contribution < 1.29 is 4.74 Å². The highest BCUT2D eigenvalue weighted by molar-refractivity contribution is 5.33. The Bertz CT molecular complexity index is 608. The molecule has 21 heavy (non-hydrogen) atoms. The SMILES string of the molecule is Cc1ccc(C)c(CC(N)c2cncc(OC(C)C)c2)c1. The number of nitrogens with zero attached hydrogens (tertiary/aromatic N) is 1. The van der Waals surface area contributed by atoms with Crippen LogP contribution < -0.4 is 10.5 Å². The van der Waals surface area contributed by atoms with Gasteiger partial charge >= 0.3 is 0 Å². The van der Waals surface area contributed by atoms with Crippen LogP contribution in [0.4, 0.5) is 0 Å². The van der Waals surface area contributed by atoms with E-state index in [1.54, 1.807) is 6.20 Å². The van der Waals surface area contributed by atoms with Gasteiger partial charge in [0.15, 0.2) is 0 Å². The van der Waals surface area contributed by atoms with Crippen LogP contribution in [0.3, 0.4) is 0 Å². The first-order valence-electron chi connectivity index (χ1n) is 7.39. The zero-order chi connectivity index (χ0) is 15.4. The molecule has 0 aliphatic heterocycles. The quantitative estimate of drug-likeness (QED) is 0.910. The molecule has 1 aromatic heterocycles. The normalized spacial score (nSPS) is 12.5. The largest absolute Gasteiger partial charge is 0.489 e. The maximum atomic E-state index is 6.35. The van der Waals surface area contributed by atoms with Crippen LogP contribution in [0.1, 0.15) is 42.1 Å². The summed E-state index contributed by atoms with van der Waals surface area (Å²) in [6.45, 7) is 8.23. The van der Waals surface area contributed by atoms with Crippen molar-refractivity contribution in [2.45, 2.75) is 46.3 Å². The monoisotopic (exact) mass is 284 g/mol. The highest BCUT2D eigenvalue weighted by Gasteiger charge is 2.11. The van der Waals surface area contributed by atoms with Gasteiger partial charge in [-0.1, -0.05) is 23.8 Å². The summed E-state index contributed by atoms with van der Waals surface area (Å²) in [6, 6.07) is 8.39. The molecule has 0 saturated heterocycles. The summed E-state index contributed by atoms with van der Waals surface area (Å²) in [5.74, 6) is 0.777. The fourth-order valence-electron chi connectivity index (χ4n) is 2.35. The average Bonchev–Trinajstić information content (AvgIpc) is 2.42. The van der Waals surface area contributed by atoms with Gasteiger partial charge in [-0.3, -0.25) is 4.98 Å². The smallest absolute Gasteiger partial charge is 0.138 e. The molecule has 0 saturated carbocycles. The predicted octanol–water partition coefficient (Wildman–Crippen LogP) is 3.73. The van der Waals surface area contributed by atoms with Gasteiger partial charge in [0.1, 0.15) is 5.75 Å². The Labute approximate surface area is 127 Å². The second kappa shape index (κ2) is 6.72. The number of ether oxygens (including phenoxy) is 1. The lowest BCUT2D eigenvalue weighted by molar-refractivity contribution is 0.241. The molecule has 3 heteroatoms. The van der Waals surface area contributed by atoms with E-state index >= 15 is 0 Å². The molecule has 1 heterocycles. The molecular formula is C18H24N2O. The van der Waals surface area contributed by atoms with Crippen LogP contribution in [0.25, 0.3) is 0 Å². The first kappa shape index (κ1) is 15.5. The second-order valence-corrected chi connectivity index (χ2v) is 5.86. The minimum Gasteiger partial charge on any atom is -0.489 e. The van der Waals surface area contributed by atoms with Crippen LogP contribution in [0.5, 0.6) is 5.75 Å². The van der Waals surface area contributed by atoms with E-state index in [9.17, 15) is 0 Å². The molecule has 2 N–H and O–H groups in total. The van der Waals surface area contributed by atoms with E-state index in [1.165, 1.54) is 16.7 Å². The number of hydrogen-bond acceptors (Lipinski definition) is 3. The molecule has 0 aliphatic rings. The maximum Gasteiger partial charge on any atom is 0.138 e. The van der Waals surface area contributed by atoms with Gasteiger partial charge in [-0.25, -0.2) is 0 Å². The van der Waals surface area contributed by atoms with E-state index in [-0.39, 0.29) is 12.1 Å². The van der Waals surface area contributed by atoms with Crippen LogP contribution in [0, 0.1) is 13.8 Å². The Kier molecular flexibility index (Phi) is 4.97. The topological polar surface area (TPSA) is 48.1 Å². The highest BCUT2D eigenvalue weighted by Crippen LogP contribution is 2.22. The van der Waals surface area contributed by atoms with Crippen molar-refractivity contribution in [3.63, 3.8) is 0 Å². The average molecular weight is 284 g/mol. The van der Waals surface area contributed by atoms with Crippen molar-refractivity contribution in [1.29, 1.82) is 0 Å². The van der Waals surface area contributed by atoms with Crippen LogP contribution in [0.2, 0.25) is 0 Å². The summed E-state index contributed by atoms with van der Waals surface area (Å²) < 4.78 is 5.68. The molecule has 2 rings (SSSR count). The molecule has 0 amide bonds. The van der Waals surface area contributed by atoms with Gasteiger partial charge in [0.25, 0.3) is 0 Å². The van der Waals surface area contributed by atoms with Crippen LogP contribution >= 0.6 is 0 Å². The number of benzene rings is 1. The Morgan fingerprint density at radius 3 is 2.62 bits per heavy atom. The molecule has 112 valence electrons. The molecule has 2 aromatic rings. The molecule has 0 bridgehead atoms. The van der Waals surface area contributed by atoms with E-state index in [0.717, 1.165) is 17.7 Å². The van der Waals surface area contributed by atoms with Crippen LogP contribution in [-0.4, -0.2) is 11.1 Å². The molecule has 0 aliphatic carbocycles. The van der Waals surface area contributed by atoms with Gasteiger partial charge in [0, 0.05) is 12.2 Å². The molecule has 0 radical (unpaired) electrons. The summed E-state index contributed by atoms with van der Waals surface area (Å²) in [4.78, 5) is 4.24. The summed E-state index contributed by atoms with van der Waals surface area (Å²) in [5, 5.41) is 0. The Hall–Kier alpha value is -1.87. The fourth-order valence-corrected chi connectivity index (χ4v) is 2.35. The number of aromatic nitrogens is 1. The van der Waals surface area contributed by atoms with Gasteiger partial charge in [-0.2, -0.15) is 0 Å². The fraction of sp³-hybridized carbons (Fsp3) is 0.389. The molecule has 1 atom stereocenters. The van der Waals surface area contributed by atoms with Gasteiger partial charge in [-0.05, 0) is 56.9 Å². The van der Waals surface area contributed by atoms with E-state index in [2.05, 4.69) is 37.0 Å². The zero-order valence-corrected chi connectivity index (χ0v) is 13.3. The van der Waals surface area contributed by atoms with Gasteiger partial charge in [0.2, 0.25) is 0 Å². The van der Waals surface area contributed by atoms with Crippen molar-refractivity contribution in [2.75, 3.05) is 0 Å². The number of nitrogens with two attached hydrogens (primary N) is 1. The first-order valence-corrected chi connectivity index (χ1v) is 7.39. The Morgan fingerprint density at radius 2 is 1.90 bits per heavy atom. The standard InChI is InChI=1S/C18H24N2O/c1-12(2)21-17-8-16(10-20-11-17)18(19)9-15-7-13(3)5-6-14(15)4/h5-8,10-12,18H,9,19H2,1-4H3. The number of pyridine rings is 1. The number of rotatable bonds is 5. The van der Waals surface area contributed by atoms with Crippen LogP contribution in [0.15, 0.2) is 36.7 Å². The molecule has 3 nitrogen and oxygen atoms in total. The molecule has 0 spiro atoms. The molecule has 1 aromatic carbocycles. The summed E-state index contributed by atoms with van der Waals surface area (Å²) in [7, 11) is 0. The maximum absolute atomic E-state index is 6.35. The van der Waals surface area contributed by atoms with E-state index in [4.69, 9.17) is 10.5 Å². The van der Waals surface area contributed by atoms with Crippen LogP contribution in [-0.2, 0) is 6.42 Å². The van der Waals surface area contributed by atoms with Gasteiger partial charge in [-0.15, -0.1) is 0 Å². The third-order valence-electron chi connectivity index (χ3n) is 3.48. The minimum absolute atomic E-state index is 0.0753. The zero-order valence-electron chi connectivity index (χ0n) is 13.3. The van der Waals surface area contributed by atoms with Crippen molar-refractivity contribution in [3.05, 3.63) is 58.9 Å². The Morgan fingerprint density at radius 1 is 1.14 bits per heavy atom. The highest BCUT2D eigenvalue weighted by atomic mass is 16.5. The molecule has 1 unspecified atom stereocenters. The lowest BCUT2D eigenvalue weighted by atomic mass is 9.96. The second-order valence-electron chi connectivity index (χ2n) is 5.86. The third-order valence-corrected chi connectivity index (χ3v) is 3.48. The minimum atomic E-state index is -0.0753. The van der Waals surface area contributed by atoms with Crippen molar-refractivity contribution in [1.82, 2.24) is 4.98 Å². The predicted molar refractivity (Wildman–Crippen MR) is 86.5 cm³/mol. The summed E-state index contributed by atoms with van der Waals surface area (Å²) >= 11 is 0. The third kappa shape index (κ3) is 4.30. The van der Waals surface area contributed by atoms with Gasteiger partial charge in [0.05, 0.1) is 12.3 Å². The van der Waals surface area contributed by atoms with Crippen molar-refractivity contribution in [3.8, 4) is 5.75 Å². The Balaban J connectivity index is 2.16. The first-order chi connectivity index (χ1) is 9.95. The lowest BCUT2D eigenvalue weighted by Crippen LogP contribution is -2.15. The number of hydrogen-bond donors (Lipinski definition) is 1. The summed E-state index contributed by atoms with van der Waals surface area (Å²) in [5.41, 5.74) is 11.2. The van der Waals surface area contributed by atoms with Crippen molar-refractivity contribution in [2.24, 2.45) is 5.73 Å². The summed E-state index contributed by atoms with van der Waals surface area (Å²) in [6.07, 6.45) is 4.49. The number of aryl methyl sites for hydroxylation is 2. The van der Waals surface area contributed by atoms with E-state index in [0.29, 0.717) is 0 Å². The lowest BCUT2D eigenvalue weighted by Gasteiger charge is -2.16. The van der Waals surface area contributed by atoms with Crippen molar-refractivity contribution >= 4 is 0 Å². The van der Waals surface area contributed by atoms with E-state index < -0.39 is 0 Å². The molecule has 0 fully saturated rings. The van der Waals surface area contributed by atoms with E-state index in [1.807, 2.05) is 26.1 Å². The van der Waals surface area contributed by atoms with Gasteiger partial charge < -0.3 is 10.5 Å². The molecular weight excluding hydrogens is 260 g/mol.